The first-order chi connectivity index (χ1) is 8.19. The minimum absolute atomic E-state index is 0.0413. The van der Waals surface area contributed by atoms with Gasteiger partial charge in [0, 0.05) is 11.7 Å². The van der Waals surface area contributed by atoms with Gasteiger partial charge in [0.05, 0.1) is 20.1 Å². The molecular weight excluding hydrogens is 218 g/mol. The predicted molar refractivity (Wildman–Crippen MR) is 66.7 cm³/mol. The van der Waals surface area contributed by atoms with Crippen molar-refractivity contribution in [2.24, 2.45) is 0 Å². The molecule has 0 amide bonds. The largest absolute Gasteiger partial charge is 0.469 e. The molecule has 1 aromatic carbocycles. The van der Waals surface area contributed by atoms with Crippen LogP contribution in [0, 0.1) is 0 Å². The third kappa shape index (κ3) is 4.44. The molecule has 0 saturated carbocycles. The maximum atomic E-state index is 11.2. The lowest BCUT2D eigenvalue weighted by molar-refractivity contribution is -0.140. The summed E-state index contributed by atoms with van der Waals surface area (Å²) in [6.45, 7) is 2.06. The Morgan fingerprint density at radius 1 is 1.41 bits per heavy atom. The molecule has 0 aliphatic carbocycles. The Hall–Kier alpha value is -1.55. The van der Waals surface area contributed by atoms with E-state index in [9.17, 15) is 4.79 Å². The third-order valence-corrected chi connectivity index (χ3v) is 2.64. The minimum Gasteiger partial charge on any atom is -0.469 e. The molecule has 4 nitrogen and oxygen atoms in total. The highest BCUT2D eigenvalue weighted by atomic mass is 16.5. The molecule has 0 spiro atoms. The second-order valence-electron chi connectivity index (χ2n) is 3.88. The van der Waals surface area contributed by atoms with Crippen LogP contribution < -0.4 is 5.32 Å². The molecule has 1 atom stereocenters. The second kappa shape index (κ2) is 6.91. The monoisotopic (exact) mass is 237 g/mol. The number of aliphatic hydroxyl groups excluding tert-OH is 1. The smallest absolute Gasteiger partial charge is 0.307 e. The van der Waals surface area contributed by atoms with E-state index in [4.69, 9.17) is 5.11 Å². The van der Waals surface area contributed by atoms with Crippen LogP contribution >= 0.6 is 0 Å². The van der Waals surface area contributed by atoms with Crippen molar-refractivity contribution in [1.29, 1.82) is 0 Å². The van der Waals surface area contributed by atoms with E-state index >= 15 is 0 Å². The molecule has 0 heterocycles. The van der Waals surface area contributed by atoms with E-state index in [1.54, 1.807) is 0 Å². The number of benzene rings is 1. The van der Waals surface area contributed by atoms with Crippen LogP contribution in [0.2, 0.25) is 0 Å². The van der Waals surface area contributed by atoms with Crippen LogP contribution in [0.3, 0.4) is 0 Å². The van der Waals surface area contributed by atoms with Crippen molar-refractivity contribution in [1.82, 2.24) is 0 Å². The van der Waals surface area contributed by atoms with Gasteiger partial charge in [0.1, 0.15) is 0 Å². The van der Waals surface area contributed by atoms with E-state index in [0.717, 1.165) is 17.7 Å². The molecule has 0 unspecified atom stereocenters. The number of hydrogen-bond donors (Lipinski definition) is 2. The number of esters is 1. The lowest BCUT2D eigenvalue weighted by atomic mass is 10.1. The van der Waals surface area contributed by atoms with Gasteiger partial charge in [-0.15, -0.1) is 0 Å². The van der Waals surface area contributed by atoms with Gasteiger partial charge in [-0.25, -0.2) is 0 Å². The molecule has 17 heavy (non-hydrogen) atoms. The van der Waals surface area contributed by atoms with Crippen molar-refractivity contribution in [3.63, 3.8) is 0 Å². The summed E-state index contributed by atoms with van der Waals surface area (Å²) < 4.78 is 4.64. The number of carbonyl (C=O) groups excluding carboxylic acids is 1. The van der Waals surface area contributed by atoms with E-state index in [-0.39, 0.29) is 18.6 Å². The van der Waals surface area contributed by atoms with Crippen molar-refractivity contribution >= 4 is 11.7 Å². The standard InChI is InChI=1S/C13H19NO3/c1-3-11(8-13(16)17-2)14-12-6-4-10(9-15)5-7-12/h4-7,11,14-15H,3,8-9H2,1-2H3/t11-/m1/s1. The van der Waals surface area contributed by atoms with Gasteiger partial charge in [-0.2, -0.15) is 0 Å². The number of nitrogens with one attached hydrogen (secondary N) is 1. The first-order valence-electron chi connectivity index (χ1n) is 5.72. The summed E-state index contributed by atoms with van der Waals surface area (Å²) in [5, 5.41) is 12.2. The van der Waals surface area contributed by atoms with E-state index in [0.29, 0.717) is 6.42 Å². The number of hydrogen-bond acceptors (Lipinski definition) is 4. The molecule has 2 N–H and O–H groups in total. The molecule has 0 aromatic heterocycles. The van der Waals surface area contributed by atoms with Crippen molar-refractivity contribution in [2.45, 2.75) is 32.4 Å². The molecule has 0 bridgehead atoms. The number of methoxy groups -OCH3 is 1. The Morgan fingerprint density at radius 3 is 2.53 bits per heavy atom. The summed E-state index contributed by atoms with van der Waals surface area (Å²) >= 11 is 0. The third-order valence-electron chi connectivity index (χ3n) is 2.64. The van der Waals surface area contributed by atoms with Gasteiger partial charge in [0.2, 0.25) is 0 Å². The highest BCUT2D eigenvalue weighted by Crippen LogP contribution is 2.13. The molecule has 0 aliphatic heterocycles. The molecule has 4 heteroatoms. The lowest BCUT2D eigenvalue weighted by Crippen LogP contribution is -2.23. The molecule has 0 aliphatic rings. The topological polar surface area (TPSA) is 58.6 Å². The molecule has 0 radical (unpaired) electrons. The quantitative estimate of drug-likeness (QED) is 0.742. The zero-order chi connectivity index (χ0) is 12.7. The minimum atomic E-state index is -0.212. The number of carbonyl (C=O) groups is 1. The molecular formula is C13H19NO3. The Labute approximate surface area is 102 Å². The second-order valence-corrected chi connectivity index (χ2v) is 3.88. The predicted octanol–water partition coefficient (Wildman–Crippen LogP) is 1.93. The average molecular weight is 237 g/mol. The summed E-state index contributed by atoms with van der Waals surface area (Å²) in [6.07, 6.45) is 1.20. The summed E-state index contributed by atoms with van der Waals surface area (Å²) in [5.74, 6) is -0.212. The maximum absolute atomic E-state index is 11.2. The summed E-state index contributed by atoms with van der Waals surface area (Å²) in [7, 11) is 1.39. The molecule has 1 rings (SSSR count). The van der Waals surface area contributed by atoms with Crippen LogP contribution in [0.15, 0.2) is 24.3 Å². The van der Waals surface area contributed by atoms with Crippen LogP contribution in [-0.2, 0) is 16.1 Å². The van der Waals surface area contributed by atoms with E-state index in [1.165, 1.54) is 7.11 Å². The first kappa shape index (κ1) is 13.5. The van der Waals surface area contributed by atoms with Gasteiger partial charge in [0.25, 0.3) is 0 Å². The summed E-state index contributed by atoms with van der Waals surface area (Å²) in [4.78, 5) is 11.2. The van der Waals surface area contributed by atoms with Crippen LogP contribution in [0.1, 0.15) is 25.3 Å². The average Bonchev–Trinajstić information content (AvgIpc) is 2.38. The molecule has 0 fully saturated rings. The van der Waals surface area contributed by atoms with Crippen molar-refractivity contribution in [3.05, 3.63) is 29.8 Å². The van der Waals surface area contributed by atoms with Crippen LogP contribution in [0.4, 0.5) is 5.69 Å². The fourth-order valence-electron chi connectivity index (χ4n) is 1.52. The van der Waals surface area contributed by atoms with Crippen LogP contribution in [0.5, 0.6) is 0 Å². The molecule has 0 saturated heterocycles. The van der Waals surface area contributed by atoms with E-state index < -0.39 is 0 Å². The van der Waals surface area contributed by atoms with Gasteiger partial charge in [0.15, 0.2) is 0 Å². The number of aliphatic hydroxyl groups is 1. The maximum Gasteiger partial charge on any atom is 0.307 e. The highest BCUT2D eigenvalue weighted by molar-refractivity contribution is 5.70. The summed E-state index contributed by atoms with van der Waals surface area (Å²) in [5.41, 5.74) is 1.81. The zero-order valence-electron chi connectivity index (χ0n) is 10.3. The van der Waals surface area contributed by atoms with Crippen LogP contribution in [-0.4, -0.2) is 24.2 Å². The summed E-state index contributed by atoms with van der Waals surface area (Å²) in [6, 6.07) is 7.57. The van der Waals surface area contributed by atoms with Crippen LogP contribution in [0.25, 0.3) is 0 Å². The van der Waals surface area contributed by atoms with Gasteiger partial charge >= 0.3 is 5.97 Å². The molecule has 94 valence electrons. The normalized spacial score (nSPS) is 11.9. The van der Waals surface area contributed by atoms with Gasteiger partial charge in [-0.05, 0) is 24.1 Å². The van der Waals surface area contributed by atoms with E-state index in [2.05, 4.69) is 10.1 Å². The van der Waals surface area contributed by atoms with E-state index in [1.807, 2.05) is 31.2 Å². The Bertz CT molecular complexity index is 348. The fourth-order valence-corrected chi connectivity index (χ4v) is 1.52. The number of ether oxygens (including phenoxy) is 1. The molecule has 1 aromatic rings. The number of anilines is 1. The SMILES string of the molecule is CC[C@H](CC(=O)OC)Nc1ccc(CO)cc1. The lowest BCUT2D eigenvalue weighted by Gasteiger charge is -2.17. The van der Waals surface area contributed by atoms with Gasteiger partial charge in [-0.3, -0.25) is 4.79 Å². The van der Waals surface area contributed by atoms with Gasteiger partial charge < -0.3 is 15.2 Å². The number of rotatable bonds is 6. The Kier molecular flexibility index (Phi) is 5.49. The van der Waals surface area contributed by atoms with Crippen molar-refractivity contribution in [3.8, 4) is 0 Å². The zero-order valence-corrected chi connectivity index (χ0v) is 10.3. The van der Waals surface area contributed by atoms with Gasteiger partial charge in [-0.1, -0.05) is 19.1 Å². The van der Waals surface area contributed by atoms with Crippen molar-refractivity contribution in [2.75, 3.05) is 12.4 Å². The Balaban J connectivity index is 2.57. The first-order valence-corrected chi connectivity index (χ1v) is 5.72. The highest BCUT2D eigenvalue weighted by Gasteiger charge is 2.11. The fraction of sp³-hybridized carbons (Fsp3) is 0.462. The van der Waals surface area contributed by atoms with Crippen molar-refractivity contribution < 1.29 is 14.6 Å². The Morgan fingerprint density at radius 2 is 2.06 bits per heavy atom.